The molecule has 0 spiro atoms. The molecule has 1 saturated heterocycles. The monoisotopic (exact) mass is 481 g/mol. The highest BCUT2D eigenvalue weighted by Gasteiger charge is 2.35. The van der Waals surface area contributed by atoms with Gasteiger partial charge in [-0.15, -0.1) is 0 Å². The topological polar surface area (TPSA) is 91.5 Å². The molecule has 1 fully saturated rings. The van der Waals surface area contributed by atoms with Gasteiger partial charge in [0.15, 0.2) is 5.78 Å². The van der Waals surface area contributed by atoms with Crippen molar-refractivity contribution in [3.63, 3.8) is 0 Å². The number of rotatable bonds is 4. The molecule has 0 bridgehead atoms. The number of carbonyl (C=O) groups excluding carboxylic acids is 3. The zero-order chi connectivity index (χ0) is 25.5. The number of nitrogens with one attached hydrogen (secondary N) is 2. The molecule has 186 valence electrons. The van der Waals surface area contributed by atoms with Gasteiger partial charge in [0.05, 0.1) is 11.6 Å². The second-order valence-electron chi connectivity index (χ2n) is 10.3. The molecule has 2 aromatic rings. The number of anilines is 1. The predicted octanol–water partition coefficient (Wildman–Crippen LogP) is 5.16. The van der Waals surface area contributed by atoms with Crippen LogP contribution in [0.1, 0.15) is 68.1 Å². The molecule has 35 heavy (non-hydrogen) atoms. The summed E-state index contributed by atoms with van der Waals surface area (Å²) in [6.45, 7) is 9.71. The molecule has 2 amide bonds. The van der Waals surface area contributed by atoms with Crippen LogP contribution in [0.3, 0.4) is 0 Å². The van der Waals surface area contributed by atoms with Gasteiger partial charge in [-0.25, -0.2) is 9.18 Å². The van der Waals surface area contributed by atoms with Crippen LogP contribution >= 0.6 is 0 Å². The highest BCUT2D eigenvalue weighted by Crippen LogP contribution is 2.34. The summed E-state index contributed by atoms with van der Waals surface area (Å²) < 4.78 is 19.3. The smallest absolute Gasteiger partial charge is 0.410 e. The molecule has 3 heterocycles. The van der Waals surface area contributed by atoms with E-state index in [0.717, 1.165) is 29.7 Å². The van der Waals surface area contributed by atoms with Gasteiger partial charge >= 0.3 is 6.09 Å². The number of halogens is 1. The quantitative estimate of drug-likeness (QED) is 0.590. The van der Waals surface area contributed by atoms with Crippen LogP contribution in [0.5, 0.6) is 0 Å². The number of aromatic amines is 1. The number of hydrogen-bond donors (Lipinski definition) is 2. The van der Waals surface area contributed by atoms with E-state index < -0.39 is 23.6 Å². The molecule has 0 radical (unpaired) electrons. The van der Waals surface area contributed by atoms with Crippen LogP contribution in [0, 0.1) is 19.7 Å². The molecule has 7 nitrogen and oxygen atoms in total. The fourth-order valence-corrected chi connectivity index (χ4v) is 4.77. The number of ether oxygens (including phenoxy) is 1. The summed E-state index contributed by atoms with van der Waals surface area (Å²) in [4.78, 5) is 43.5. The van der Waals surface area contributed by atoms with Crippen LogP contribution in [0.4, 0.5) is 14.9 Å². The Morgan fingerprint density at radius 3 is 2.69 bits per heavy atom. The summed E-state index contributed by atoms with van der Waals surface area (Å²) in [5.74, 6) is -0.755. The van der Waals surface area contributed by atoms with Crippen LogP contribution in [0.25, 0.3) is 11.6 Å². The van der Waals surface area contributed by atoms with Crippen molar-refractivity contribution in [3.05, 3.63) is 52.1 Å². The van der Waals surface area contributed by atoms with Crippen molar-refractivity contribution in [1.29, 1.82) is 0 Å². The molecule has 2 aliphatic heterocycles. The SMILES string of the molecule is Cc1[nH]c(/C=C2\C(=O)Nc3ccc(F)cc32)c(C)c1CC(=O)C1CCCCN1C(=O)OC(C)(C)C. The van der Waals surface area contributed by atoms with Crippen molar-refractivity contribution in [2.24, 2.45) is 0 Å². The molecule has 2 N–H and O–H groups in total. The molecule has 8 heteroatoms. The third-order valence-electron chi connectivity index (χ3n) is 6.54. The maximum absolute atomic E-state index is 13.8. The summed E-state index contributed by atoms with van der Waals surface area (Å²) in [6, 6.07) is 3.66. The Balaban J connectivity index is 1.58. The lowest BCUT2D eigenvalue weighted by Gasteiger charge is -2.36. The lowest BCUT2D eigenvalue weighted by Crippen LogP contribution is -2.50. The highest BCUT2D eigenvalue weighted by molar-refractivity contribution is 6.34. The highest BCUT2D eigenvalue weighted by atomic mass is 19.1. The first-order valence-corrected chi connectivity index (χ1v) is 12.0. The summed E-state index contributed by atoms with van der Waals surface area (Å²) in [6.07, 6.45) is 3.74. The lowest BCUT2D eigenvalue weighted by atomic mass is 9.93. The van der Waals surface area contributed by atoms with Crippen molar-refractivity contribution < 1.29 is 23.5 Å². The summed E-state index contributed by atoms with van der Waals surface area (Å²) >= 11 is 0. The summed E-state index contributed by atoms with van der Waals surface area (Å²) in [7, 11) is 0. The molecule has 0 aliphatic carbocycles. The first-order chi connectivity index (χ1) is 16.4. The average Bonchev–Trinajstić information content (AvgIpc) is 3.22. The number of benzene rings is 1. The molecule has 2 aliphatic rings. The van der Waals surface area contributed by atoms with Gasteiger partial charge in [0.25, 0.3) is 5.91 Å². The van der Waals surface area contributed by atoms with E-state index in [2.05, 4.69) is 10.3 Å². The third-order valence-corrected chi connectivity index (χ3v) is 6.54. The number of amides is 2. The van der Waals surface area contributed by atoms with Crippen molar-refractivity contribution in [2.45, 2.75) is 71.9 Å². The van der Waals surface area contributed by atoms with E-state index in [1.54, 1.807) is 17.0 Å². The fraction of sp³-hybridized carbons (Fsp3) is 0.444. The van der Waals surface area contributed by atoms with Crippen molar-refractivity contribution >= 4 is 35.1 Å². The van der Waals surface area contributed by atoms with Crippen molar-refractivity contribution in [2.75, 3.05) is 11.9 Å². The van der Waals surface area contributed by atoms with E-state index in [1.807, 2.05) is 34.6 Å². The molecule has 1 atom stereocenters. The van der Waals surface area contributed by atoms with Gasteiger partial charge in [-0.3, -0.25) is 14.5 Å². The molecule has 4 rings (SSSR count). The average molecular weight is 482 g/mol. The van der Waals surface area contributed by atoms with Crippen molar-refractivity contribution in [3.8, 4) is 0 Å². The Hall–Kier alpha value is -3.42. The molecule has 1 unspecified atom stereocenters. The number of hydrogen-bond acceptors (Lipinski definition) is 4. The van der Waals surface area contributed by atoms with Gasteiger partial charge in [-0.2, -0.15) is 0 Å². The second-order valence-corrected chi connectivity index (χ2v) is 10.3. The van der Waals surface area contributed by atoms with Crippen LogP contribution in [-0.2, 0) is 20.7 Å². The van der Waals surface area contributed by atoms with E-state index in [9.17, 15) is 18.8 Å². The van der Waals surface area contributed by atoms with Gasteiger partial charge in [0.2, 0.25) is 0 Å². The number of carbonyl (C=O) groups is 3. The third kappa shape index (κ3) is 5.16. The fourth-order valence-electron chi connectivity index (χ4n) is 4.77. The minimum absolute atomic E-state index is 0.0361. The Labute approximate surface area is 204 Å². The van der Waals surface area contributed by atoms with Gasteiger partial charge in [-0.05, 0) is 89.3 Å². The second kappa shape index (κ2) is 9.32. The normalized spacial score (nSPS) is 19.0. The van der Waals surface area contributed by atoms with E-state index in [1.165, 1.54) is 12.1 Å². The van der Waals surface area contributed by atoms with Crippen LogP contribution in [0.15, 0.2) is 18.2 Å². The Bertz CT molecular complexity index is 1220. The predicted molar refractivity (Wildman–Crippen MR) is 132 cm³/mol. The minimum Gasteiger partial charge on any atom is -0.444 e. The van der Waals surface area contributed by atoms with E-state index >= 15 is 0 Å². The Kier molecular flexibility index (Phi) is 6.58. The largest absolute Gasteiger partial charge is 0.444 e. The number of ketones is 1. The molecule has 1 aromatic carbocycles. The molecular weight excluding hydrogens is 449 g/mol. The van der Waals surface area contributed by atoms with E-state index in [4.69, 9.17) is 4.74 Å². The van der Waals surface area contributed by atoms with Crippen LogP contribution in [-0.4, -0.2) is 45.9 Å². The van der Waals surface area contributed by atoms with Gasteiger partial charge in [0, 0.05) is 35.6 Å². The molecule has 1 aromatic heterocycles. The maximum Gasteiger partial charge on any atom is 0.410 e. The Morgan fingerprint density at radius 2 is 1.97 bits per heavy atom. The van der Waals surface area contributed by atoms with Gasteiger partial charge in [0.1, 0.15) is 11.4 Å². The molecular formula is C27H32FN3O4. The number of piperidine rings is 1. The minimum atomic E-state index is -0.633. The number of aryl methyl sites for hydroxylation is 1. The van der Waals surface area contributed by atoms with Crippen LogP contribution in [0.2, 0.25) is 0 Å². The first-order valence-electron chi connectivity index (χ1n) is 12.0. The lowest BCUT2D eigenvalue weighted by molar-refractivity contribution is -0.124. The van der Waals surface area contributed by atoms with Crippen LogP contribution < -0.4 is 5.32 Å². The number of H-pyrrole nitrogens is 1. The van der Waals surface area contributed by atoms with Crippen molar-refractivity contribution in [1.82, 2.24) is 9.88 Å². The summed E-state index contributed by atoms with van der Waals surface area (Å²) in [5.41, 5.74) is 4.01. The first kappa shape index (κ1) is 24.7. The maximum atomic E-state index is 13.8. The standard InChI is InChI=1S/C27H32FN3O4/c1-15-18(14-24(32)23-8-6-7-11-31(23)26(34)35-27(3,4)5)16(2)29-22(15)13-20-19-12-17(28)9-10-21(19)30-25(20)33/h9-10,12-13,23,29H,6-8,11,14H2,1-5H3,(H,30,33)/b20-13-. The number of Topliss-reactive ketones (excluding diaryl/α,β-unsaturated/α-hetero) is 1. The molecule has 0 saturated carbocycles. The Morgan fingerprint density at radius 1 is 1.23 bits per heavy atom. The van der Waals surface area contributed by atoms with Gasteiger partial charge in [-0.1, -0.05) is 0 Å². The van der Waals surface area contributed by atoms with E-state index in [-0.39, 0.29) is 18.1 Å². The number of aromatic nitrogens is 1. The number of nitrogens with zero attached hydrogens (tertiary/aromatic N) is 1. The number of fused-ring (bicyclic) bond motifs is 1. The van der Waals surface area contributed by atoms with E-state index in [0.29, 0.717) is 35.5 Å². The number of likely N-dealkylation sites (tertiary alicyclic amines) is 1. The zero-order valence-corrected chi connectivity index (χ0v) is 20.9. The zero-order valence-electron chi connectivity index (χ0n) is 20.9. The van der Waals surface area contributed by atoms with Gasteiger partial charge < -0.3 is 15.0 Å². The summed E-state index contributed by atoms with van der Waals surface area (Å²) in [5, 5.41) is 2.75.